The van der Waals surface area contributed by atoms with E-state index in [1.54, 1.807) is 30.3 Å². The van der Waals surface area contributed by atoms with E-state index < -0.39 is 14.8 Å². The topological polar surface area (TPSA) is 98.5 Å². The number of benzene rings is 2. The maximum absolute atomic E-state index is 11.3. The van der Waals surface area contributed by atoms with Crippen LogP contribution in [0.3, 0.4) is 0 Å². The molecule has 0 aliphatic heterocycles. The second kappa shape index (κ2) is 7.10. The fraction of sp³-hybridized carbons (Fsp3) is 0.200. The van der Waals surface area contributed by atoms with E-state index >= 15 is 0 Å². The van der Waals surface area contributed by atoms with Crippen LogP contribution in [0.2, 0.25) is 0 Å². The Balaban J connectivity index is 1.88. The number of para-hydroxylation sites is 2. The van der Waals surface area contributed by atoms with E-state index in [9.17, 15) is 18.5 Å². The van der Waals surface area contributed by atoms with Crippen molar-refractivity contribution in [1.29, 1.82) is 0 Å². The minimum Gasteiger partial charge on any atom is -0.492 e. The number of nitrogens with one attached hydrogen (secondary N) is 1. The minimum absolute atomic E-state index is 0.00463. The zero-order chi connectivity index (χ0) is 16.9. The Morgan fingerprint density at radius 3 is 2.39 bits per heavy atom. The Labute approximate surface area is 134 Å². The maximum atomic E-state index is 11.3. The number of ether oxygens (including phenoxy) is 1. The fourth-order valence-corrected chi connectivity index (χ4v) is 2.55. The summed E-state index contributed by atoms with van der Waals surface area (Å²) in [7, 11) is -3.23. The fourth-order valence-electron chi connectivity index (χ4n) is 1.92. The van der Waals surface area contributed by atoms with Crippen LogP contribution in [0.15, 0.2) is 53.4 Å². The Hall–Kier alpha value is -2.61. The normalized spacial score (nSPS) is 11.0. The molecular weight excluding hydrogens is 320 g/mol. The number of sulfone groups is 1. The van der Waals surface area contributed by atoms with Crippen molar-refractivity contribution in [3.05, 3.63) is 58.6 Å². The number of hydrogen-bond donors (Lipinski definition) is 1. The highest BCUT2D eigenvalue weighted by Gasteiger charge is 2.11. The molecule has 0 amide bonds. The van der Waals surface area contributed by atoms with Gasteiger partial charge in [0.05, 0.1) is 9.82 Å². The molecule has 0 radical (unpaired) electrons. The van der Waals surface area contributed by atoms with Gasteiger partial charge in [0.1, 0.15) is 18.0 Å². The summed E-state index contributed by atoms with van der Waals surface area (Å²) in [4.78, 5) is 10.6. The summed E-state index contributed by atoms with van der Waals surface area (Å²) >= 11 is 0. The van der Waals surface area contributed by atoms with Crippen molar-refractivity contribution in [2.75, 3.05) is 24.7 Å². The van der Waals surface area contributed by atoms with Crippen LogP contribution in [0.4, 0.5) is 11.4 Å². The lowest BCUT2D eigenvalue weighted by molar-refractivity contribution is -0.384. The van der Waals surface area contributed by atoms with Crippen molar-refractivity contribution in [2.45, 2.75) is 4.90 Å². The molecule has 1 N–H and O–H groups in total. The second-order valence-corrected chi connectivity index (χ2v) is 6.81. The molecular formula is C15H16N2O5S. The first-order chi connectivity index (χ1) is 10.9. The van der Waals surface area contributed by atoms with E-state index in [2.05, 4.69) is 5.32 Å². The van der Waals surface area contributed by atoms with E-state index in [4.69, 9.17) is 4.74 Å². The van der Waals surface area contributed by atoms with Crippen molar-refractivity contribution in [1.82, 2.24) is 0 Å². The Kier molecular flexibility index (Phi) is 5.17. The van der Waals surface area contributed by atoms with Crippen LogP contribution in [0, 0.1) is 10.1 Å². The monoisotopic (exact) mass is 336 g/mol. The van der Waals surface area contributed by atoms with Crippen LogP contribution in [0.5, 0.6) is 5.75 Å². The lowest BCUT2D eigenvalue weighted by Gasteiger charge is -2.09. The van der Waals surface area contributed by atoms with Crippen molar-refractivity contribution >= 4 is 21.2 Å². The maximum Gasteiger partial charge on any atom is 0.292 e. The first-order valence-electron chi connectivity index (χ1n) is 6.78. The molecule has 0 spiro atoms. The van der Waals surface area contributed by atoms with Crippen molar-refractivity contribution in [2.24, 2.45) is 0 Å². The Morgan fingerprint density at radius 1 is 1.13 bits per heavy atom. The molecule has 0 heterocycles. The molecule has 0 atom stereocenters. The van der Waals surface area contributed by atoms with Crippen LogP contribution in [0.1, 0.15) is 0 Å². The number of anilines is 1. The molecule has 0 saturated heterocycles. The van der Waals surface area contributed by atoms with Crippen LogP contribution in [0.25, 0.3) is 0 Å². The minimum atomic E-state index is -3.23. The number of rotatable bonds is 7. The van der Waals surface area contributed by atoms with E-state index in [-0.39, 0.29) is 17.2 Å². The van der Waals surface area contributed by atoms with Crippen LogP contribution >= 0.6 is 0 Å². The molecule has 0 fully saturated rings. The van der Waals surface area contributed by atoms with E-state index in [1.807, 2.05) is 0 Å². The third kappa shape index (κ3) is 4.68. The molecule has 0 aliphatic rings. The summed E-state index contributed by atoms with van der Waals surface area (Å²) < 4.78 is 28.2. The summed E-state index contributed by atoms with van der Waals surface area (Å²) in [5, 5.41) is 13.8. The van der Waals surface area contributed by atoms with Gasteiger partial charge in [-0.3, -0.25) is 10.1 Å². The van der Waals surface area contributed by atoms with Gasteiger partial charge in [0.2, 0.25) is 0 Å². The number of nitrogens with zero attached hydrogens (tertiary/aromatic N) is 1. The van der Waals surface area contributed by atoms with Crippen molar-refractivity contribution < 1.29 is 18.1 Å². The molecule has 0 saturated carbocycles. The molecule has 0 aromatic heterocycles. The highest BCUT2D eigenvalue weighted by molar-refractivity contribution is 7.90. The van der Waals surface area contributed by atoms with Gasteiger partial charge in [0.25, 0.3) is 5.69 Å². The number of nitro groups is 1. The molecule has 2 aromatic carbocycles. The average molecular weight is 336 g/mol. The quantitative estimate of drug-likeness (QED) is 0.474. The summed E-state index contributed by atoms with van der Waals surface area (Å²) in [5.74, 6) is 0.529. The molecule has 0 aliphatic carbocycles. The molecule has 23 heavy (non-hydrogen) atoms. The molecule has 122 valence electrons. The number of hydrogen-bond acceptors (Lipinski definition) is 6. The van der Waals surface area contributed by atoms with Gasteiger partial charge in [-0.05, 0) is 30.3 Å². The lowest BCUT2D eigenvalue weighted by atomic mass is 10.2. The molecule has 0 unspecified atom stereocenters. The molecule has 2 aromatic rings. The standard InChI is InChI=1S/C15H16N2O5S/c1-23(20,21)13-8-6-12(7-9-13)22-11-10-16-14-4-2-3-5-15(14)17(18)19/h2-9,16H,10-11H2,1H3. The van der Waals surface area contributed by atoms with E-state index in [1.165, 1.54) is 18.2 Å². The summed E-state index contributed by atoms with van der Waals surface area (Å²) in [6, 6.07) is 12.4. The van der Waals surface area contributed by atoms with Crippen molar-refractivity contribution in [3.63, 3.8) is 0 Å². The molecule has 8 heteroatoms. The zero-order valence-corrected chi connectivity index (χ0v) is 13.2. The van der Waals surface area contributed by atoms with Gasteiger partial charge in [0, 0.05) is 18.9 Å². The smallest absolute Gasteiger partial charge is 0.292 e. The van der Waals surface area contributed by atoms with Gasteiger partial charge in [-0.2, -0.15) is 0 Å². The van der Waals surface area contributed by atoms with Crippen LogP contribution in [-0.4, -0.2) is 32.7 Å². The first-order valence-corrected chi connectivity index (χ1v) is 8.67. The molecule has 2 rings (SSSR count). The lowest BCUT2D eigenvalue weighted by Crippen LogP contribution is -2.12. The Bertz CT molecular complexity index is 788. The third-order valence-corrected chi connectivity index (χ3v) is 4.17. The van der Waals surface area contributed by atoms with Gasteiger partial charge >= 0.3 is 0 Å². The SMILES string of the molecule is CS(=O)(=O)c1ccc(OCCNc2ccccc2[N+](=O)[O-])cc1. The number of nitro benzene ring substituents is 1. The zero-order valence-electron chi connectivity index (χ0n) is 12.4. The summed E-state index contributed by atoms with van der Waals surface area (Å²) in [5.41, 5.74) is 0.429. The summed E-state index contributed by atoms with van der Waals surface area (Å²) in [6.45, 7) is 0.656. The first kappa shape index (κ1) is 16.8. The van der Waals surface area contributed by atoms with Gasteiger partial charge in [-0.25, -0.2) is 8.42 Å². The van der Waals surface area contributed by atoms with E-state index in [0.29, 0.717) is 18.0 Å². The van der Waals surface area contributed by atoms with Crippen LogP contribution in [-0.2, 0) is 9.84 Å². The predicted octanol–water partition coefficient (Wildman–Crippen LogP) is 2.49. The predicted molar refractivity (Wildman–Crippen MR) is 86.6 cm³/mol. The summed E-state index contributed by atoms with van der Waals surface area (Å²) in [6.07, 6.45) is 1.14. The van der Waals surface area contributed by atoms with Gasteiger partial charge < -0.3 is 10.1 Å². The Morgan fingerprint density at radius 2 is 1.78 bits per heavy atom. The highest BCUT2D eigenvalue weighted by Crippen LogP contribution is 2.22. The molecule has 0 bridgehead atoms. The van der Waals surface area contributed by atoms with E-state index in [0.717, 1.165) is 6.26 Å². The second-order valence-electron chi connectivity index (χ2n) is 4.79. The average Bonchev–Trinajstić information content (AvgIpc) is 2.51. The van der Waals surface area contributed by atoms with Gasteiger partial charge in [-0.15, -0.1) is 0 Å². The van der Waals surface area contributed by atoms with Gasteiger partial charge in [0.15, 0.2) is 9.84 Å². The molecule has 7 nitrogen and oxygen atoms in total. The third-order valence-electron chi connectivity index (χ3n) is 3.04. The van der Waals surface area contributed by atoms with Gasteiger partial charge in [-0.1, -0.05) is 12.1 Å². The largest absolute Gasteiger partial charge is 0.492 e. The van der Waals surface area contributed by atoms with Crippen LogP contribution < -0.4 is 10.1 Å². The highest BCUT2D eigenvalue weighted by atomic mass is 32.2. The van der Waals surface area contributed by atoms with Crippen molar-refractivity contribution in [3.8, 4) is 5.75 Å².